The molecule has 0 saturated heterocycles. The smallest absolute Gasteiger partial charge is 0.337 e. The van der Waals surface area contributed by atoms with E-state index in [0.29, 0.717) is 17.1 Å². The molecule has 0 unspecified atom stereocenters. The second kappa shape index (κ2) is 6.48. The van der Waals surface area contributed by atoms with Gasteiger partial charge in [-0.2, -0.15) is 0 Å². The number of hydrogen-bond donors (Lipinski definition) is 1. The number of aryl methyl sites for hydroxylation is 1. The first-order chi connectivity index (χ1) is 9.63. The molecule has 2 aromatic rings. The van der Waals surface area contributed by atoms with Gasteiger partial charge in [0.05, 0.1) is 23.4 Å². The maximum absolute atomic E-state index is 11.5. The number of nitrogens with zero attached hydrogens (tertiary/aromatic N) is 1. The van der Waals surface area contributed by atoms with Gasteiger partial charge >= 0.3 is 5.97 Å². The lowest BCUT2D eigenvalue weighted by Gasteiger charge is -2.09. The number of carbonyl (C=O) groups excluding carboxylic acids is 1. The predicted octanol–water partition coefficient (Wildman–Crippen LogP) is 3.56. The molecule has 0 bridgehead atoms. The molecule has 1 aromatic heterocycles. The molecule has 20 heavy (non-hydrogen) atoms. The van der Waals surface area contributed by atoms with Crippen LogP contribution in [0.5, 0.6) is 0 Å². The van der Waals surface area contributed by atoms with Gasteiger partial charge < -0.3 is 14.6 Å². The Morgan fingerprint density at radius 3 is 2.85 bits per heavy atom. The minimum absolute atomic E-state index is 0.373. The van der Waals surface area contributed by atoms with E-state index in [9.17, 15) is 4.79 Å². The van der Waals surface area contributed by atoms with Crippen molar-refractivity contribution in [3.05, 3.63) is 52.8 Å². The lowest BCUT2D eigenvalue weighted by molar-refractivity contribution is 0.0601. The quantitative estimate of drug-likeness (QED) is 0.857. The van der Waals surface area contributed by atoms with Gasteiger partial charge in [0.2, 0.25) is 0 Å². The van der Waals surface area contributed by atoms with Crippen molar-refractivity contribution >= 4 is 23.3 Å². The molecule has 1 heterocycles. The fraction of sp³-hybridized carbons (Fsp3) is 0.267. The summed E-state index contributed by atoms with van der Waals surface area (Å²) in [7, 11) is 1.36. The zero-order valence-electron chi connectivity index (χ0n) is 11.5. The summed E-state index contributed by atoms with van der Waals surface area (Å²) in [5.74, 6) is -0.373. The van der Waals surface area contributed by atoms with Crippen molar-refractivity contribution in [1.29, 1.82) is 0 Å². The Labute approximate surface area is 123 Å². The number of methoxy groups -OCH3 is 1. The molecule has 0 aliphatic heterocycles. The van der Waals surface area contributed by atoms with Crippen LogP contribution in [0.4, 0.5) is 5.69 Å². The molecule has 0 radical (unpaired) electrons. The third-order valence-corrected chi connectivity index (χ3v) is 3.38. The largest absolute Gasteiger partial charge is 0.465 e. The highest BCUT2D eigenvalue weighted by atomic mass is 35.5. The molecule has 5 heteroatoms. The lowest BCUT2D eigenvalue weighted by atomic mass is 10.2. The van der Waals surface area contributed by atoms with Crippen molar-refractivity contribution < 1.29 is 9.53 Å². The van der Waals surface area contributed by atoms with E-state index < -0.39 is 0 Å². The van der Waals surface area contributed by atoms with E-state index in [1.807, 2.05) is 6.20 Å². The number of nitrogens with one attached hydrogen (secondary N) is 1. The highest BCUT2D eigenvalue weighted by Gasteiger charge is 2.09. The molecule has 4 nitrogen and oxygen atoms in total. The van der Waals surface area contributed by atoms with Crippen LogP contribution in [0, 0.1) is 0 Å². The maximum atomic E-state index is 11.5. The second-order valence-corrected chi connectivity index (χ2v) is 4.80. The number of hydrogen-bond acceptors (Lipinski definition) is 3. The number of halogens is 1. The molecule has 0 fully saturated rings. The highest BCUT2D eigenvalue weighted by Crippen LogP contribution is 2.24. The summed E-state index contributed by atoms with van der Waals surface area (Å²) < 4.78 is 6.80. The van der Waals surface area contributed by atoms with Crippen LogP contribution in [0.15, 0.2) is 36.7 Å². The molecule has 0 spiro atoms. The second-order valence-electron chi connectivity index (χ2n) is 4.39. The topological polar surface area (TPSA) is 43.3 Å². The summed E-state index contributed by atoms with van der Waals surface area (Å²) in [6.45, 7) is 3.68. The third-order valence-electron chi connectivity index (χ3n) is 3.05. The van der Waals surface area contributed by atoms with Gasteiger partial charge in [-0.15, -0.1) is 0 Å². The first-order valence-corrected chi connectivity index (χ1v) is 6.78. The third kappa shape index (κ3) is 3.33. The Morgan fingerprint density at radius 2 is 2.20 bits per heavy atom. The van der Waals surface area contributed by atoms with Gasteiger partial charge in [-0.25, -0.2) is 4.79 Å². The molecule has 2 rings (SSSR count). The number of ether oxygens (including phenoxy) is 1. The molecule has 0 aliphatic rings. The van der Waals surface area contributed by atoms with Crippen molar-refractivity contribution in [2.75, 3.05) is 12.4 Å². The molecule has 0 saturated carbocycles. The van der Waals surface area contributed by atoms with Crippen LogP contribution >= 0.6 is 11.6 Å². The molecule has 1 N–H and O–H groups in total. The number of aromatic nitrogens is 1. The van der Waals surface area contributed by atoms with Crippen LogP contribution in [0.2, 0.25) is 5.02 Å². The Hall–Kier alpha value is -1.94. The summed E-state index contributed by atoms with van der Waals surface area (Å²) in [4.78, 5) is 11.5. The summed E-state index contributed by atoms with van der Waals surface area (Å²) in [5.41, 5.74) is 2.36. The molecule has 1 aromatic carbocycles. The highest BCUT2D eigenvalue weighted by molar-refractivity contribution is 6.33. The van der Waals surface area contributed by atoms with Crippen LogP contribution in [0.25, 0.3) is 0 Å². The van der Waals surface area contributed by atoms with E-state index >= 15 is 0 Å². The summed E-state index contributed by atoms with van der Waals surface area (Å²) in [6, 6.07) is 7.08. The van der Waals surface area contributed by atoms with E-state index in [1.165, 1.54) is 7.11 Å². The van der Waals surface area contributed by atoms with Crippen molar-refractivity contribution in [2.24, 2.45) is 0 Å². The van der Waals surface area contributed by atoms with Gasteiger partial charge in [-0.05, 0) is 36.8 Å². The average Bonchev–Trinajstić information content (AvgIpc) is 2.93. The maximum Gasteiger partial charge on any atom is 0.337 e. The van der Waals surface area contributed by atoms with E-state index in [-0.39, 0.29) is 5.97 Å². The number of benzene rings is 1. The fourth-order valence-corrected chi connectivity index (χ4v) is 2.08. The van der Waals surface area contributed by atoms with Crippen LogP contribution in [-0.2, 0) is 17.8 Å². The number of rotatable bonds is 5. The SMILES string of the molecule is CCn1ccc(CNc2cc(C(=O)OC)ccc2Cl)c1. The summed E-state index contributed by atoms with van der Waals surface area (Å²) >= 11 is 6.12. The monoisotopic (exact) mass is 292 g/mol. The lowest BCUT2D eigenvalue weighted by Crippen LogP contribution is -2.04. The van der Waals surface area contributed by atoms with Gasteiger partial charge in [0.15, 0.2) is 0 Å². The summed E-state index contributed by atoms with van der Waals surface area (Å²) in [6.07, 6.45) is 4.11. The molecule has 0 atom stereocenters. The van der Waals surface area contributed by atoms with Crippen LogP contribution in [0.1, 0.15) is 22.8 Å². The normalized spacial score (nSPS) is 10.3. The number of carbonyl (C=O) groups is 1. The predicted molar refractivity (Wildman–Crippen MR) is 80.2 cm³/mol. The fourth-order valence-electron chi connectivity index (χ4n) is 1.89. The van der Waals surface area contributed by atoms with Crippen LogP contribution in [-0.4, -0.2) is 17.6 Å². The zero-order chi connectivity index (χ0) is 14.5. The van der Waals surface area contributed by atoms with Crippen molar-refractivity contribution in [1.82, 2.24) is 4.57 Å². The zero-order valence-corrected chi connectivity index (χ0v) is 12.3. The Balaban J connectivity index is 2.10. The minimum atomic E-state index is -0.373. The van der Waals surface area contributed by atoms with Crippen LogP contribution in [0.3, 0.4) is 0 Å². The molecule has 106 valence electrons. The van der Waals surface area contributed by atoms with Crippen LogP contribution < -0.4 is 5.32 Å². The van der Waals surface area contributed by atoms with Crippen molar-refractivity contribution in [2.45, 2.75) is 20.0 Å². The van der Waals surface area contributed by atoms with Gasteiger partial charge in [-0.1, -0.05) is 11.6 Å². The first kappa shape index (κ1) is 14.5. The summed E-state index contributed by atoms with van der Waals surface area (Å²) in [5, 5.41) is 3.81. The van der Waals surface area contributed by atoms with Gasteiger partial charge in [0.1, 0.15) is 0 Å². The van der Waals surface area contributed by atoms with Gasteiger partial charge in [0, 0.05) is 25.5 Å². The molecule has 0 aliphatic carbocycles. The number of anilines is 1. The van der Waals surface area contributed by atoms with Crippen molar-refractivity contribution in [3.8, 4) is 0 Å². The molecular formula is C15H17ClN2O2. The van der Waals surface area contributed by atoms with Gasteiger partial charge in [0.25, 0.3) is 0 Å². The van der Waals surface area contributed by atoms with Gasteiger partial charge in [-0.3, -0.25) is 0 Å². The number of esters is 1. The Kier molecular flexibility index (Phi) is 4.69. The standard InChI is InChI=1S/C15H17ClN2O2/c1-3-18-7-6-11(10-18)9-17-14-8-12(15(19)20-2)4-5-13(14)16/h4-8,10,17H,3,9H2,1-2H3. The van der Waals surface area contributed by atoms with E-state index in [4.69, 9.17) is 16.3 Å². The van der Waals surface area contributed by atoms with Crippen molar-refractivity contribution in [3.63, 3.8) is 0 Å². The average molecular weight is 293 g/mol. The molecule has 0 amide bonds. The van der Waals surface area contributed by atoms with E-state index in [1.54, 1.807) is 18.2 Å². The van der Waals surface area contributed by atoms with E-state index in [0.717, 1.165) is 17.8 Å². The Bertz CT molecular complexity index is 608. The van der Waals surface area contributed by atoms with E-state index in [2.05, 4.69) is 29.1 Å². The first-order valence-electron chi connectivity index (χ1n) is 6.40. The molecular weight excluding hydrogens is 276 g/mol. The Morgan fingerprint density at radius 1 is 1.40 bits per heavy atom. The minimum Gasteiger partial charge on any atom is -0.465 e.